The average Bonchev–Trinajstić information content (AvgIpc) is 2.68. The van der Waals surface area contributed by atoms with Gasteiger partial charge in [-0.3, -0.25) is 24.0 Å². The number of primary amides is 1. The summed E-state index contributed by atoms with van der Waals surface area (Å²) in [5, 5.41) is 24.1. The number of hydrogen-bond acceptors (Lipinski definition) is 8. The van der Waals surface area contributed by atoms with Crippen LogP contribution in [-0.2, 0) is 28.8 Å². The van der Waals surface area contributed by atoms with Crippen molar-refractivity contribution < 1.29 is 39.0 Å². The molecule has 0 saturated carbocycles. The van der Waals surface area contributed by atoms with Crippen LogP contribution in [0.5, 0.6) is 0 Å². The zero-order chi connectivity index (χ0) is 24.0. The van der Waals surface area contributed by atoms with Gasteiger partial charge in [0, 0.05) is 6.42 Å². The number of nitrogens with two attached hydrogens (primary N) is 3. The van der Waals surface area contributed by atoms with Crippen LogP contribution in [0.25, 0.3) is 0 Å². The van der Waals surface area contributed by atoms with Crippen molar-refractivity contribution in [3.63, 3.8) is 0 Å². The molecule has 0 heterocycles. The van der Waals surface area contributed by atoms with E-state index in [4.69, 9.17) is 27.4 Å². The first-order valence-corrected chi connectivity index (χ1v) is 9.53. The van der Waals surface area contributed by atoms with Gasteiger partial charge in [-0.15, -0.1) is 0 Å². The maximum Gasteiger partial charge on any atom is 0.326 e. The molecule has 176 valence electrons. The van der Waals surface area contributed by atoms with E-state index in [0.29, 0.717) is 25.8 Å². The van der Waals surface area contributed by atoms with Gasteiger partial charge in [0.2, 0.25) is 23.6 Å². The van der Waals surface area contributed by atoms with Gasteiger partial charge < -0.3 is 43.4 Å². The maximum atomic E-state index is 12.4. The standard InChI is InChI=1S/C17H30N6O8/c18-6-2-1-3-9(19)15(28)23-10(4-5-12(20)24)16(29)21-8-13(25)22-11(17(30)31)7-14(26)27/h9-11H,1-8,18-19H2,(H2,20,24)(H,21,29)(H,22,25)(H,23,28)(H,26,27)(H,30,31). The van der Waals surface area contributed by atoms with Gasteiger partial charge in [0.05, 0.1) is 19.0 Å². The van der Waals surface area contributed by atoms with Crippen LogP contribution in [0.4, 0.5) is 0 Å². The van der Waals surface area contributed by atoms with Gasteiger partial charge in [0.25, 0.3) is 0 Å². The number of nitrogens with one attached hydrogen (secondary N) is 3. The number of unbranched alkanes of at least 4 members (excludes halogenated alkanes) is 1. The second-order valence-corrected chi connectivity index (χ2v) is 6.73. The highest BCUT2D eigenvalue weighted by atomic mass is 16.4. The van der Waals surface area contributed by atoms with Crippen molar-refractivity contribution in [3.8, 4) is 0 Å². The highest BCUT2D eigenvalue weighted by Gasteiger charge is 2.26. The molecule has 0 fully saturated rings. The van der Waals surface area contributed by atoms with Crippen molar-refractivity contribution in [2.75, 3.05) is 13.1 Å². The van der Waals surface area contributed by atoms with Crippen molar-refractivity contribution in [1.82, 2.24) is 16.0 Å². The van der Waals surface area contributed by atoms with E-state index >= 15 is 0 Å². The number of aliphatic carboxylic acids is 2. The minimum Gasteiger partial charge on any atom is -0.481 e. The normalized spacial score (nSPS) is 13.4. The van der Waals surface area contributed by atoms with Crippen molar-refractivity contribution in [1.29, 1.82) is 0 Å². The van der Waals surface area contributed by atoms with Gasteiger partial charge >= 0.3 is 11.9 Å². The molecular weight excluding hydrogens is 416 g/mol. The third kappa shape index (κ3) is 12.8. The van der Waals surface area contributed by atoms with Crippen LogP contribution in [0.15, 0.2) is 0 Å². The van der Waals surface area contributed by atoms with Crippen LogP contribution in [-0.4, -0.2) is 77.0 Å². The van der Waals surface area contributed by atoms with Crippen LogP contribution in [0.1, 0.15) is 38.5 Å². The number of hydrogen-bond donors (Lipinski definition) is 8. The van der Waals surface area contributed by atoms with Crippen molar-refractivity contribution in [3.05, 3.63) is 0 Å². The summed E-state index contributed by atoms with van der Waals surface area (Å²) in [6, 6.07) is -3.81. The van der Waals surface area contributed by atoms with Crippen LogP contribution >= 0.6 is 0 Å². The predicted octanol–water partition coefficient (Wildman–Crippen LogP) is -3.65. The fourth-order valence-corrected chi connectivity index (χ4v) is 2.38. The number of rotatable bonds is 16. The van der Waals surface area contributed by atoms with Crippen LogP contribution in [0, 0.1) is 0 Å². The number of amides is 4. The van der Waals surface area contributed by atoms with E-state index in [2.05, 4.69) is 10.6 Å². The average molecular weight is 446 g/mol. The fraction of sp³-hybridized carbons (Fsp3) is 0.647. The number of carbonyl (C=O) groups is 6. The maximum absolute atomic E-state index is 12.4. The molecule has 0 spiro atoms. The van der Waals surface area contributed by atoms with Crippen LogP contribution in [0.2, 0.25) is 0 Å². The summed E-state index contributed by atoms with van der Waals surface area (Å²) in [7, 11) is 0. The number of carboxylic acids is 2. The molecule has 0 aliphatic carbocycles. The van der Waals surface area contributed by atoms with E-state index in [9.17, 15) is 28.8 Å². The molecule has 0 saturated heterocycles. The van der Waals surface area contributed by atoms with E-state index in [1.807, 2.05) is 5.32 Å². The van der Waals surface area contributed by atoms with Gasteiger partial charge in [-0.2, -0.15) is 0 Å². The van der Waals surface area contributed by atoms with E-state index in [0.717, 1.165) is 0 Å². The first-order chi connectivity index (χ1) is 14.5. The summed E-state index contributed by atoms with van der Waals surface area (Å²) in [6.45, 7) is -0.247. The molecule has 0 aromatic heterocycles. The van der Waals surface area contributed by atoms with Crippen molar-refractivity contribution in [2.45, 2.75) is 56.7 Å². The van der Waals surface area contributed by atoms with Gasteiger partial charge in [-0.1, -0.05) is 6.42 Å². The molecule has 14 nitrogen and oxygen atoms in total. The number of carbonyl (C=O) groups excluding carboxylic acids is 4. The topological polar surface area (TPSA) is 257 Å². The Morgan fingerprint density at radius 3 is 2.03 bits per heavy atom. The first-order valence-electron chi connectivity index (χ1n) is 9.53. The summed E-state index contributed by atoms with van der Waals surface area (Å²) in [4.78, 5) is 69.0. The third-order valence-electron chi connectivity index (χ3n) is 4.05. The second-order valence-electron chi connectivity index (χ2n) is 6.73. The Kier molecular flexibility index (Phi) is 13.1. The molecule has 31 heavy (non-hydrogen) atoms. The van der Waals surface area contributed by atoms with Gasteiger partial charge in [-0.05, 0) is 25.8 Å². The predicted molar refractivity (Wildman–Crippen MR) is 106 cm³/mol. The second kappa shape index (κ2) is 14.7. The van der Waals surface area contributed by atoms with E-state index in [1.54, 1.807) is 0 Å². The molecule has 0 aromatic carbocycles. The minimum absolute atomic E-state index is 0.152. The lowest BCUT2D eigenvalue weighted by molar-refractivity contribution is -0.147. The summed E-state index contributed by atoms with van der Waals surface area (Å²) < 4.78 is 0. The zero-order valence-electron chi connectivity index (χ0n) is 17.0. The first kappa shape index (κ1) is 27.7. The Balaban J connectivity index is 4.87. The molecule has 11 N–H and O–H groups in total. The molecule has 0 aliphatic heterocycles. The summed E-state index contributed by atoms with van der Waals surface area (Å²) in [5.74, 6) is -6.14. The molecule has 0 rings (SSSR count). The smallest absolute Gasteiger partial charge is 0.326 e. The molecule has 0 aliphatic rings. The molecule has 4 amide bonds. The molecule has 0 radical (unpaired) electrons. The van der Waals surface area contributed by atoms with Crippen LogP contribution < -0.4 is 33.2 Å². The summed E-state index contributed by atoms with van der Waals surface area (Å²) in [6.07, 6.45) is 0.364. The van der Waals surface area contributed by atoms with Gasteiger partial charge in [-0.25, -0.2) is 4.79 Å². The molecule has 0 bridgehead atoms. The largest absolute Gasteiger partial charge is 0.481 e. The lowest BCUT2D eigenvalue weighted by atomic mass is 10.1. The molecular formula is C17H30N6O8. The summed E-state index contributed by atoms with van der Waals surface area (Å²) >= 11 is 0. The van der Waals surface area contributed by atoms with E-state index in [-0.39, 0.29) is 12.8 Å². The zero-order valence-corrected chi connectivity index (χ0v) is 17.0. The number of carboxylic acid groups (broad SMARTS) is 2. The lowest BCUT2D eigenvalue weighted by Crippen LogP contribution is -2.53. The molecule has 3 atom stereocenters. The quantitative estimate of drug-likeness (QED) is 0.108. The lowest BCUT2D eigenvalue weighted by Gasteiger charge is -2.20. The summed E-state index contributed by atoms with van der Waals surface area (Å²) in [5.41, 5.74) is 16.2. The Hall–Kier alpha value is -3.26. The van der Waals surface area contributed by atoms with E-state index in [1.165, 1.54) is 0 Å². The highest BCUT2D eigenvalue weighted by Crippen LogP contribution is 2.02. The van der Waals surface area contributed by atoms with E-state index < -0.39 is 66.7 Å². The van der Waals surface area contributed by atoms with Crippen LogP contribution in [0.3, 0.4) is 0 Å². The van der Waals surface area contributed by atoms with Gasteiger partial charge in [0.1, 0.15) is 12.1 Å². The molecule has 14 heteroatoms. The fourth-order valence-electron chi connectivity index (χ4n) is 2.38. The van der Waals surface area contributed by atoms with Crippen molar-refractivity contribution >= 4 is 35.6 Å². The minimum atomic E-state index is -1.68. The third-order valence-corrected chi connectivity index (χ3v) is 4.05. The van der Waals surface area contributed by atoms with Crippen molar-refractivity contribution in [2.24, 2.45) is 17.2 Å². The molecule has 3 unspecified atom stereocenters. The Morgan fingerprint density at radius 2 is 1.52 bits per heavy atom. The highest BCUT2D eigenvalue weighted by molar-refractivity contribution is 5.93. The monoisotopic (exact) mass is 446 g/mol. The molecule has 0 aromatic rings. The Bertz CT molecular complexity index is 671. The van der Waals surface area contributed by atoms with Gasteiger partial charge in [0.15, 0.2) is 0 Å². The Morgan fingerprint density at radius 1 is 0.871 bits per heavy atom. The SMILES string of the molecule is NCCCCC(N)C(=O)NC(CCC(N)=O)C(=O)NCC(=O)NC(CC(=O)O)C(=O)O. The Labute approximate surface area is 178 Å².